The van der Waals surface area contributed by atoms with E-state index in [9.17, 15) is 9.18 Å². The van der Waals surface area contributed by atoms with Crippen LogP contribution in [0.2, 0.25) is 5.02 Å². The first-order valence-electron chi connectivity index (χ1n) is 8.38. The minimum Gasteiger partial charge on any atom is -0.383 e. The number of benzene rings is 1. The summed E-state index contributed by atoms with van der Waals surface area (Å²) in [4.78, 5) is 18.7. The number of morpholine rings is 1. The summed E-state index contributed by atoms with van der Waals surface area (Å²) in [6, 6.07) is 7.44. The second kappa shape index (κ2) is 8.93. The van der Waals surface area contributed by atoms with E-state index in [2.05, 4.69) is 20.5 Å². The summed E-state index contributed by atoms with van der Waals surface area (Å²) in [6.45, 7) is 5.19. The van der Waals surface area contributed by atoms with Crippen LogP contribution in [-0.2, 0) is 4.74 Å². The van der Waals surface area contributed by atoms with E-state index in [0.29, 0.717) is 5.69 Å². The molecule has 1 aromatic carbocycles. The molecule has 0 atom stereocenters. The Bertz CT molecular complexity index is 751. The van der Waals surface area contributed by atoms with Gasteiger partial charge in [0, 0.05) is 31.9 Å². The summed E-state index contributed by atoms with van der Waals surface area (Å²) >= 11 is 5.71. The van der Waals surface area contributed by atoms with Crippen LogP contribution in [0.5, 0.6) is 0 Å². The summed E-state index contributed by atoms with van der Waals surface area (Å²) in [5.41, 5.74) is 1.53. The zero-order valence-electron chi connectivity index (χ0n) is 14.2. The SMILES string of the molecule is O=C(Nc1ccc(F)c(Cl)c1)c1ccc(NCCN2CCOCC2)cn1. The number of carbonyl (C=O) groups is 1. The predicted octanol–water partition coefficient (Wildman–Crippen LogP) is 2.87. The third-order valence-electron chi connectivity index (χ3n) is 4.03. The monoisotopic (exact) mass is 378 g/mol. The second-order valence-corrected chi connectivity index (χ2v) is 6.30. The fourth-order valence-corrected chi connectivity index (χ4v) is 2.77. The van der Waals surface area contributed by atoms with Crippen LogP contribution in [0.25, 0.3) is 0 Å². The number of amides is 1. The topological polar surface area (TPSA) is 66.5 Å². The molecule has 1 saturated heterocycles. The molecule has 0 aliphatic carbocycles. The number of anilines is 2. The highest BCUT2D eigenvalue weighted by molar-refractivity contribution is 6.31. The molecule has 2 aromatic rings. The molecule has 0 spiro atoms. The zero-order chi connectivity index (χ0) is 18.4. The first kappa shape index (κ1) is 18.6. The molecule has 0 bridgehead atoms. The van der Waals surface area contributed by atoms with E-state index in [1.54, 1.807) is 18.3 Å². The Kier molecular flexibility index (Phi) is 6.38. The molecule has 8 heteroatoms. The van der Waals surface area contributed by atoms with Crippen LogP contribution in [-0.4, -0.2) is 55.2 Å². The number of carbonyl (C=O) groups excluding carboxylic acids is 1. The number of halogens is 2. The third kappa shape index (κ3) is 5.14. The molecule has 2 N–H and O–H groups in total. The number of ether oxygens (including phenoxy) is 1. The molecule has 1 fully saturated rings. The van der Waals surface area contributed by atoms with Gasteiger partial charge < -0.3 is 15.4 Å². The first-order chi connectivity index (χ1) is 12.6. The van der Waals surface area contributed by atoms with Gasteiger partial charge in [-0.1, -0.05) is 11.6 Å². The van der Waals surface area contributed by atoms with Crippen LogP contribution >= 0.6 is 11.6 Å². The molecule has 26 heavy (non-hydrogen) atoms. The van der Waals surface area contributed by atoms with Crippen LogP contribution in [0.1, 0.15) is 10.5 Å². The van der Waals surface area contributed by atoms with Gasteiger partial charge in [-0.05, 0) is 30.3 Å². The number of rotatable bonds is 6. The van der Waals surface area contributed by atoms with Crippen molar-refractivity contribution in [2.24, 2.45) is 0 Å². The Labute approximate surface area is 156 Å². The van der Waals surface area contributed by atoms with Gasteiger partial charge in [-0.15, -0.1) is 0 Å². The summed E-state index contributed by atoms with van der Waals surface area (Å²) < 4.78 is 18.5. The van der Waals surface area contributed by atoms with E-state index in [-0.39, 0.29) is 16.6 Å². The normalized spacial score (nSPS) is 14.8. The number of hydrogen-bond donors (Lipinski definition) is 2. The van der Waals surface area contributed by atoms with Gasteiger partial charge in [-0.25, -0.2) is 9.37 Å². The van der Waals surface area contributed by atoms with Crippen LogP contribution < -0.4 is 10.6 Å². The Balaban J connectivity index is 1.49. The highest BCUT2D eigenvalue weighted by Crippen LogP contribution is 2.19. The van der Waals surface area contributed by atoms with Gasteiger partial charge in [0.25, 0.3) is 5.91 Å². The molecule has 3 rings (SSSR count). The summed E-state index contributed by atoms with van der Waals surface area (Å²) in [5.74, 6) is -0.914. The quantitative estimate of drug-likeness (QED) is 0.809. The lowest BCUT2D eigenvalue weighted by atomic mass is 10.2. The van der Waals surface area contributed by atoms with Gasteiger partial charge in [-0.2, -0.15) is 0 Å². The highest BCUT2D eigenvalue weighted by atomic mass is 35.5. The van der Waals surface area contributed by atoms with E-state index in [1.165, 1.54) is 18.2 Å². The lowest BCUT2D eigenvalue weighted by Crippen LogP contribution is -2.39. The maximum atomic E-state index is 13.2. The van der Waals surface area contributed by atoms with Crippen LogP contribution in [0.3, 0.4) is 0 Å². The van der Waals surface area contributed by atoms with Crippen molar-refractivity contribution in [3.05, 3.63) is 53.1 Å². The number of nitrogens with zero attached hydrogens (tertiary/aromatic N) is 2. The van der Waals surface area contributed by atoms with E-state index in [0.717, 1.165) is 45.1 Å². The Morgan fingerprint density at radius 3 is 2.69 bits per heavy atom. The average Bonchev–Trinajstić information content (AvgIpc) is 2.66. The Morgan fingerprint density at radius 1 is 1.23 bits per heavy atom. The summed E-state index contributed by atoms with van der Waals surface area (Å²) in [5, 5.41) is 5.88. The van der Waals surface area contributed by atoms with Gasteiger partial charge in [0.2, 0.25) is 0 Å². The summed E-state index contributed by atoms with van der Waals surface area (Å²) in [7, 11) is 0. The molecule has 138 valence electrons. The third-order valence-corrected chi connectivity index (χ3v) is 4.32. The van der Waals surface area contributed by atoms with Crippen molar-refractivity contribution >= 4 is 28.9 Å². The lowest BCUT2D eigenvalue weighted by Gasteiger charge is -2.26. The van der Waals surface area contributed by atoms with Gasteiger partial charge in [-0.3, -0.25) is 9.69 Å². The standard InChI is InChI=1S/C18H20ClFN4O2/c19-15-11-13(1-3-16(15)20)23-18(25)17-4-2-14(12-22-17)21-5-6-24-7-9-26-10-8-24/h1-4,11-12,21H,5-10H2,(H,23,25). The Hall–Kier alpha value is -2.22. The zero-order valence-corrected chi connectivity index (χ0v) is 14.9. The van der Waals surface area contributed by atoms with Crippen LogP contribution in [0.15, 0.2) is 36.5 Å². The Morgan fingerprint density at radius 2 is 2.00 bits per heavy atom. The van der Waals surface area contributed by atoms with Gasteiger partial charge in [0.05, 0.1) is 30.1 Å². The molecule has 1 aliphatic rings. The fraction of sp³-hybridized carbons (Fsp3) is 0.333. The van der Waals surface area contributed by atoms with E-state index >= 15 is 0 Å². The van der Waals surface area contributed by atoms with E-state index < -0.39 is 5.82 Å². The molecule has 6 nitrogen and oxygen atoms in total. The minimum atomic E-state index is -0.532. The van der Waals surface area contributed by atoms with Gasteiger partial charge in [0.15, 0.2) is 0 Å². The predicted molar refractivity (Wildman–Crippen MR) is 99.3 cm³/mol. The molecule has 2 heterocycles. The number of aromatic nitrogens is 1. The molecular weight excluding hydrogens is 359 g/mol. The number of hydrogen-bond acceptors (Lipinski definition) is 5. The highest BCUT2D eigenvalue weighted by Gasteiger charge is 2.11. The van der Waals surface area contributed by atoms with Crippen molar-refractivity contribution in [1.29, 1.82) is 0 Å². The lowest BCUT2D eigenvalue weighted by molar-refractivity contribution is 0.0398. The van der Waals surface area contributed by atoms with Gasteiger partial charge in [0.1, 0.15) is 11.5 Å². The molecule has 1 aromatic heterocycles. The average molecular weight is 379 g/mol. The minimum absolute atomic E-state index is 0.0458. The van der Waals surface area contributed by atoms with Crippen molar-refractivity contribution in [3.63, 3.8) is 0 Å². The van der Waals surface area contributed by atoms with Crippen molar-refractivity contribution in [2.75, 3.05) is 50.0 Å². The molecular formula is C18H20ClFN4O2. The molecule has 1 amide bonds. The van der Waals surface area contributed by atoms with Crippen molar-refractivity contribution < 1.29 is 13.9 Å². The summed E-state index contributed by atoms with van der Waals surface area (Å²) in [6.07, 6.45) is 1.62. The van der Waals surface area contributed by atoms with Crippen molar-refractivity contribution in [3.8, 4) is 0 Å². The first-order valence-corrected chi connectivity index (χ1v) is 8.76. The van der Waals surface area contributed by atoms with Gasteiger partial charge >= 0.3 is 0 Å². The molecule has 1 aliphatic heterocycles. The van der Waals surface area contributed by atoms with E-state index in [4.69, 9.17) is 16.3 Å². The molecule has 0 unspecified atom stereocenters. The molecule has 0 saturated carbocycles. The van der Waals surface area contributed by atoms with Crippen molar-refractivity contribution in [2.45, 2.75) is 0 Å². The van der Waals surface area contributed by atoms with Crippen LogP contribution in [0, 0.1) is 5.82 Å². The number of pyridine rings is 1. The molecule has 0 radical (unpaired) electrons. The van der Waals surface area contributed by atoms with Crippen molar-refractivity contribution in [1.82, 2.24) is 9.88 Å². The smallest absolute Gasteiger partial charge is 0.274 e. The number of nitrogens with one attached hydrogen (secondary N) is 2. The largest absolute Gasteiger partial charge is 0.383 e. The van der Waals surface area contributed by atoms with E-state index in [1.807, 2.05) is 0 Å². The fourth-order valence-electron chi connectivity index (χ4n) is 2.58. The van der Waals surface area contributed by atoms with Crippen LogP contribution in [0.4, 0.5) is 15.8 Å². The maximum absolute atomic E-state index is 13.2. The second-order valence-electron chi connectivity index (χ2n) is 5.90. The maximum Gasteiger partial charge on any atom is 0.274 e.